The van der Waals surface area contributed by atoms with Crippen LogP contribution >= 0.6 is 0 Å². The SMILES string of the molecule is COc1ccc(-c2cc(C(=O)N3CCC[C@@H](c4ncc(Cc5ccccc5)o4)C3)[nH]n2)c(OC)c1. The molecular formula is C27H28N4O4. The van der Waals surface area contributed by atoms with Gasteiger partial charge in [-0.2, -0.15) is 5.10 Å². The highest BCUT2D eigenvalue weighted by atomic mass is 16.5. The minimum atomic E-state index is -0.0861. The number of rotatable bonds is 7. The summed E-state index contributed by atoms with van der Waals surface area (Å²) in [5.74, 6) is 2.83. The van der Waals surface area contributed by atoms with E-state index >= 15 is 0 Å². The van der Waals surface area contributed by atoms with Gasteiger partial charge in [-0.1, -0.05) is 30.3 Å². The molecule has 35 heavy (non-hydrogen) atoms. The van der Waals surface area contributed by atoms with E-state index in [9.17, 15) is 4.79 Å². The fourth-order valence-electron chi connectivity index (χ4n) is 4.50. The summed E-state index contributed by atoms with van der Waals surface area (Å²) in [7, 11) is 3.20. The van der Waals surface area contributed by atoms with Crippen LogP contribution in [0.1, 0.15) is 46.5 Å². The Morgan fingerprint density at radius 2 is 2.00 bits per heavy atom. The zero-order chi connectivity index (χ0) is 24.2. The third kappa shape index (κ3) is 4.91. The Morgan fingerprint density at radius 1 is 1.14 bits per heavy atom. The quantitative estimate of drug-likeness (QED) is 0.419. The third-order valence-corrected chi connectivity index (χ3v) is 6.34. The minimum absolute atomic E-state index is 0.0706. The number of aromatic amines is 1. The van der Waals surface area contributed by atoms with Gasteiger partial charge in [0.1, 0.15) is 23.0 Å². The highest BCUT2D eigenvalue weighted by molar-refractivity contribution is 5.93. The van der Waals surface area contributed by atoms with Crippen LogP contribution in [0.3, 0.4) is 0 Å². The molecule has 1 aliphatic rings. The molecule has 1 N–H and O–H groups in total. The van der Waals surface area contributed by atoms with Crippen molar-refractivity contribution in [1.29, 1.82) is 0 Å². The van der Waals surface area contributed by atoms with Crippen molar-refractivity contribution in [2.75, 3.05) is 27.3 Å². The Morgan fingerprint density at radius 3 is 2.80 bits per heavy atom. The zero-order valence-corrected chi connectivity index (χ0v) is 19.9. The Bertz CT molecular complexity index is 1300. The van der Waals surface area contributed by atoms with Gasteiger partial charge in [0.25, 0.3) is 5.91 Å². The zero-order valence-electron chi connectivity index (χ0n) is 19.9. The number of ether oxygens (including phenoxy) is 2. The lowest BCUT2D eigenvalue weighted by Gasteiger charge is -2.30. The van der Waals surface area contributed by atoms with Crippen LogP contribution in [0, 0.1) is 0 Å². The van der Waals surface area contributed by atoms with Crippen LogP contribution in [-0.4, -0.2) is 53.3 Å². The summed E-state index contributed by atoms with van der Waals surface area (Å²) in [6.07, 6.45) is 4.33. The number of carbonyl (C=O) groups excluding carboxylic acids is 1. The van der Waals surface area contributed by atoms with E-state index in [2.05, 4.69) is 27.3 Å². The molecule has 0 aliphatic carbocycles. The Hall–Kier alpha value is -4.07. The second-order valence-electron chi connectivity index (χ2n) is 8.65. The molecule has 2 aromatic heterocycles. The first-order valence-corrected chi connectivity index (χ1v) is 11.7. The van der Waals surface area contributed by atoms with Crippen LogP contribution < -0.4 is 9.47 Å². The molecular weight excluding hydrogens is 444 g/mol. The molecule has 0 spiro atoms. The third-order valence-electron chi connectivity index (χ3n) is 6.34. The number of likely N-dealkylation sites (tertiary alicyclic amines) is 1. The van der Waals surface area contributed by atoms with Gasteiger partial charge in [-0.3, -0.25) is 9.89 Å². The van der Waals surface area contributed by atoms with Crippen molar-refractivity contribution in [2.45, 2.75) is 25.2 Å². The van der Waals surface area contributed by atoms with E-state index in [0.717, 1.165) is 24.2 Å². The van der Waals surface area contributed by atoms with Crippen molar-refractivity contribution >= 4 is 5.91 Å². The van der Waals surface area contributed by atoms with Crippen LogP contribution in [0.4, 0.5) is 0 Å². The Balaban J connectivity index is 1.28. The van der Waals surface area contributed by atoms with E-state index in [1.807, 2.05) is 35.2 Å². The molecule has 0 bridgehead atoms. The molecule has 1 saturated heterocycles. The minimum Gasteiger partial charge on any atom is -0.497 e. The van der Waals surface area contributed by atoms with Crippen molar-refractivity contribution in [3.05, 3.63) is 83.7 Å². The molecule has 1 fully saturated rings. The van der Waals surface area contributed by atoms with Crippen molar-refractivity contribution in [2.24, 2.45) is 0 Å². The summed E-state index contributed by atoms with van der Waals surface area (Å²) >= 11 is 0. The molecule has 0 saturated carbocycles. The lowest BCUT2D eigenvalue weighted by Crippen LogP contribution is -2.39. The largest absolute Gasteiger partial charge is 0.497 e. The molecule has 1 amide bonds. The van der Waals surface area contributed by atoms with Gasteiger partial charge in [-0.25, -0.2) is 4.98 Å². The molecule has 0 radical (unpaired) electrons. The fraction of sp³-hybridized carbons (Fsp3) is 0.296. The first-order valence-electron chi connectivity index (χ1n) is 11.7. The van der Waals surface area contributed by atoms with Gasteiger partial charge in [0.05, 0.1) is 32.0 Å². The lowest BCUT2D eigenvalue weighted by molar-refractivity contribution is 0.0692. The molecule has 1 atom stereocenters. The average Bonchev–Trinajstić information content (AvgIpc) is 3.59. The number of aromatic nitrogens is 3. The second kappa shape index (κ2) is 10.0. The number of H-pyrrole nitrogens is 1. The second-order valence-corrected chi connectivity index (χ2v) is 8.65. The molecule has 5 rings (SSSR count). The van der Waals surface area contributed by atoms with Gasteiger partial charge in [0.15, 0.2) is 5.89 Å². The number of nitrogens with one attached hydrogen (secondary N) is 1. The summed E-state index contributed by atoms with van der Waals surface area (Å²) in [4.78, 5) is 19.7. The molecule has 8 nitrogen and oxygen atoms in total. The molecule has 180 valence electrons. The lowest BCUT2D eigenvalue weighted by atomic mass is 9.97. The number of benzene rings is 2. The van der Waals surface area contributed by atoms with Gasteiger partial charge in [-0.05, 0) is 36.6 Å². The number of oxazole rings is 1. The number of methoxy groups -OCH3 is 2. The first kappa shape index (κ1) is 22.7. The summed E-state index contributed by atoms with van der Waals surface area (Å²) < 4.78 is 16.8. The van der Waals surface area contributed by atoms with Crippen molar-refractivity contribution in [3.8, 4) is 22.8 Å². The molecule has 0 unspecified atom stereocenters. The number of amides is 1. The number of nitrogens with zero attached hydrogens (tertiary/aromatic N) is 3. The highest BCUT2D eigenvalue weighted by Gasteiger charge is 2.29. The molecule has 8 heteroatoms. The number of carbonyl (C=O) groups is 1. The van der Waals surface area contributed by atoms with Gasteiger partial charge in [0.2, 0.25) is 0 Å². The van der Waals surface area contributed by atoms with Crippen LogP contribution in [0.15, 0.2) is 65.2 Å². The number of hydrogen-bond acceptors (Lipinski definition) is 6. The summed E-state index contributed by atoms with van der Waals surface area (Å²) in [6.45, 7) is 1.25. The highest BCUT2D eigenvalue weighted by Crippen LogP contribution is 2.33. The first-order chi connectivity index (χ1) is 17.1. The average molecular weight is 473 g/mol. The van der Waals surface area contributed by atoms with E-state index < -0.39 is 0 Å². The summed E-state index contributed by atoms with van der Waals surface area (Å²) in [6, 6.07) is 17.4. The van der Waals surface area contributed by atoms with Gasteiger partial charge in [-0.15, -0.1) is 0 Å². The predicted molar refractivity (Wildman–Crippen MR) is 131 cm³/mol. The fourth-order valence-corrected chi connectivity index (χ4v) is 4.50. The van der Waals surface area contributed by atoms with E-state index in [0.29, 0.717) is 48.3 Å². The van der Waals surface area contributed by atoms with Crippen LogP contribution in [-0.2, 0) is 6.42 Å². The topological polar surface area (TPSA) is 93.5 Å². The van der Waals surface area contributed by atoms with Crippen LogP contribution in [0.25, 0.3) is 11.3 Å². The predicted octanol–water partition coefficient (Wildman–Crippen LogP) is 4.69. The van der Waals surface area contributed by atoms with Gasteiger partial charge < -0.3 is 18.8 Å². The van der Waals surface area contributed by atoms with E-state index in [4.69, 9.17) is 13.9 Å². The summed E-state index contributed by atoms with van der Waals surface area (Å²) in [5, 5.41) is 7.26. The Kier molecular flexibility index (Phi) is 6.52. The van der Waals surface area contributed by atoms with E-state index in [1.165, 1.54) is 5.56 Å². The normalized spacial score (nSPS) is 15.7. The van der Waals surface area contributed by atoms with Gasteiger partial charge in [0, 0.05) is 31.1 Å². The number of hydrogen-bond donors (Lipinski definition) is 1. The van der Waals surface area contributed by atoms with E-state index in [1.54, 1.807) is 32.5 Å². The van der Waals surface area contributed by atoms with Crippen LogP contribution in [0.5, 0.6) is 11.5 Å². The molecule has 1 aliphatic heterocycles. The number of piperidine rings is 1. The van der Waals surface area contributed by atoms with Crippen molar-refractivity contribution < 1.29 is 18.7 Å². The summed E-state index contributed by atoms with van der Waals surface area (Å²) in [5.41, 5.74) is 3.04. The maximum Gasteiger partial charge on any atom is 0.271 e. The standard InChI is InChI=1S/C27H28N4O4/c1-33-20-10-11-22(25(14-20)34-2)23-15-24(30-29-23)27(32)31-12-6-9-19(17-31)26-28-16-21(35-26)13-18-7-4-3-5-8-18/h3-5,7-8,10-11,14-16,19H,6,9,12-13,17H2,1-2H3,(H,29,30)/t19-/m1/s1. The monoisotopic (exact) mass is 472 g/mol. The maximum absolute atomic E-state index is 13.3. The molecule has 2 aromatic carbocycles. The van der Waals surface area contributed by atoms with Gasteiger partial charge >= 0.3 is 0 Å². The van der Waals surface area contributed by atoms with Crippen molar-refractivity contribution in [1.82, 2.24) is 20.1 Å². The van der Waals surface area contributed by atoms with E-state index in [-0.39, 0.29) is 11.8 Å². The molecule has 3 heterocycles. The maximum atomic E-state index is 13.3. The van der Waals surface area contributed by atoms with Crippen LogP contribution in [0.2, 0.25) is 0 Å². The Labute approximate surface area is 203 Å². The molecule has 4 aromatic rings. The smallest absolute Gasteiger partial charge is 0.271 e. The van der Waals surface area contributed by atoms with Crippen molar-refractivity contribution in [3.63, 3.8) is 0 Å².